The third-order valence-corrected chi connectivity index (χ3v) is 4.42. The Labute approximate surface area is 161 Å². The van der Waals surface area contributed by atoms with Crippen molar-refractivity contribution in [3.8, 4) is 0 Å². The fraction of sp³-hybridized carbons (Fsp3) is 0.200. The summed E-state index contributed by atoms with van der Waals surface area (Å²) in [7, 11) is 1.64. The van der Waals surface area contributed by atoms with Crippen molar-refractivity contribution in [3.05, 3.63) is 81.2 Å². The van der Waals surface area contributed by atoms with Crippen LogP contribution in [0.2, 0.25) is 0 Å². The number of carbonyl (C=O) groups is 1. The lowest BCUT2D eigenvalue weighted by molar-refractivity contribution is -0.383. The average Bonchev–Trinajstić information content (AvgIpc) is 3.00. The van der Waals surface area contributed by atoms with Crippen LogP contribution in [0.15, 0.2) is 53.1 Å². The molecule has 144 valence electrons. The number of amides is 1. The summed E-state index contributed by atoms with van der Waals surface area (Å²) in [6, 6.07) is 13.5. The van der Waals surface area contributed by atoms with Gasteiger partial charge in [0, 0.05) is 29.9 Å². The van der Waals surface area contributed by atoms with Crippen LogP contribution in [0.25, 0.3) is 0 Å². The molecule has 1 heterocycles. The average molecular weight is 380 g/mol. The zero-order chi connectivity index (χ0) is 20.3. The van der Waals surface area contributed by atoms with E-state index in [0.717, 1.165) is 11.3 Å². The first kappa shape index (κ1) is 19.1. The van der Waals surface area contributed by atoms with Gasteiger partial charge in [-0.3, -0.25) is 14.9 Å². The molecular formula is C20H20N4O4. The standard InChI is InChI=1S/C20H20N4O4/c1-13-17(14(2)28-22-13)12-23(3)20(25)15-9-10-18(19(11-15)24(26)27)21-16-7-5-4-6-8-16/h4-11,21H,12H2,1-3H3. The van der Waals surface area contributed by atoms with E-state index in [1.807, 2.05) is 18.2 Å². The van der Waals surface area contributed by atoms with Crippen LogP contribution in [-0.2, 0) is 6.54 Å². The molecule has 28 heavy (non-hydrogen) atoms. The summed E-state index contributed by atoms with van der Waals surface area (Å²) in [6.45, 7) is 3.89. The van der Waals surface area contributed by atoms with Gasteiger partial charge in [-0.25, -0.2) is 0 Å². The molecule has 0 saturated heterocycles. The second kappa shape index (κ2) is 7.91. The van der Waals surface area contributed by atoms with E-state index in [4.69, 9.17) is 4.52 Å². The third-order valence-electron chi connectivity index (χ3n) is 4.42. The second-order valence-electron chi connectivity index (χ2n) is 6.44. The topological polar surface area (TPSA) is 102 Å². The molecule has 0 spiro atoms. The monoisotopic (exact) mass is 380 g/mol. The van der Waals surface area contributed by atoms with Crippen LogP contribution < -0.4 is 5.32 Å². The number of nitrogens with zero attached hydrogens (tertiary/aromatic N) is 3. The lowest BCUT2D eigenvalue weighted by Crippen LogP contribution is -2.26. The van der Waals surface area contributed by atoms with Gasteiger partial charge in [0.1, 0.15) is 11.4 Å². The summed E-state index contributed by atoms with van der Waals surface area (Å²) < 4.78 is 5.12. The Kier molecular flexibility index (Phi) is 5.39. The highest BCUT2D eigenvalue weighted by molar-refractivity contribution is 5.95. The van der Waals surface area contributed by atoms with Crippen molar-refractivity contribution in [3.63, 3.8) is 0 Å². The first-order chi connectivity index (χ1) is 13.4. The molecule has 1 aromatic heterocycles. The lowest BCUT2D eigenvalue weighted by atomic mass is 10.1. The number of aromatic nitrogens is 1. The normalized spacial score (nSPS) is 10.5. The minimum atomic E-state index is -0.504. The molecule has 0 aliphatic carbocycles. The maximum Gasteiger partial charge on any atom is 0.293 e. The highest BCUT2D eigenvalue weighted by atomic mass is 16.6. The zero-order valence-electron chi connectivity index (χ0n) is 15.8. The third kappa shape index (κ3) is 4.01. The number of anilines is 2. The number of carbonyl (C=O) groups excluding carboxylic acids is 1. The van der Waals surface area contributed by atoms with Gasteiger partial charge < -0.3 is 14.7 Å². The summed E-state index contributed by atoms with van der Waals surface area (Å²) in [5, 5.41) is 18.4. The molecule has 0 aliphatic rings. The molecule has 2 aromatic carbocycles. The Morgan fingerprint density at radius 2 is 1.93 bits per heavy atom. The molecule has 3 aromatic rings. The van der Waals surface area contributed by atoms with Gasteiger partial charge in [0.05, 0.1) is 17.2 Å². The predicted octanol–water partition coefficient (Wildman–Crippen LogP) is 4.22. The molecule has 0 atom stereocenters. The van der Waals surface area contributed by atoms with Crippen molar-refractivity contribution in [2.24, 2.45) is 0 Å². The largest absolute Gasteiger partial charge is 0.361 e. The van der Waals surface area contributed by atoms with Crippen molar-refractivity contribution >= 4 is 23.0 Å². The Hall–Kier alpha value is -3.68. The summed E-state index contributed by atoms with van der Waals surface area (Å²) in [4.78, 5) is 25.3. The smallest absolute Gasteiger partial charge is 0.293 e. The number of benzene rings is 2. The van der Waals surface area contributed by atoms with Gasteiger partial charge in [0.15, 0.2) is 0 Å². The Bertz CT molecular complexity index is 995. The Morgan fingerprint density at radius 3 is 2.54 bits per heavy atom. The van der Waals surface area contributed by atoms with Crippen LogP contribution in [0.1, 0.15) is 27.4 Å². The second-order valence-corrected chi connectivity index (χ2v) is 6.44. The van der Waals surface area contributed by atoms with E-state index in [2.05, 4.69) is 10.5 Å². The number of rotatable bonds is 6. The van der Waals surface area contributed by atoms with Crippen molar-refractivity contribution in [1.82, 2.24) is 10.1 Å². The number of nitro benzene ring substituents is 1. The van der Waals surface area contributed by atoms with Gasteiger partial charge in [-0.05, 0) is 38.1 Å². The van der Waals surface area contributed by atoms with E-state index in [1.165, 1.54) is 11.0 Å². The minimum absolute atomic E-state index is 0.166. The van der Waals surface area contributed by atoms with Crippen LogP contribution in [0.5, 0.6) is 0 Å². The number of nitrogens with one attached hydrogen (secondary N) is 1. The van der Waals surface area contributed by atoms with Crippen LogP contribution >= 0.6 is 0 Å². The highest BCUT2D eigenvalue weighted by Gasteiger charge is 2.21. The van der Waals surface area contributed by atoms with Gasteiger partial charge in [-0.15, -0.1) is 0 Å². The molecule has 0 aliphatic heterocycles. The van der Waals surface area contributed by atoms with Crippen LogP contribution in [0, 0.1) is 24.0 Å². The molecule has 0 bridgehead atoms. The molecular weight excluding hydrogens is 360 g/mol. The molecule has 8 heteroatoms. The Morgan fingerprint density at radius 1 is 1.21 bits per heavy atom. The maximum atomic E-state index is 12.8. The van der Waals surface area contributed by atoms with E-state index >= 15 is 0 Å². The predicted molar refractivity (Wildman–Crippen MR) is 105 cm³/mol. The molecule has 0 unspecified atom stereocenters. The SMILES string of the molecule is Cc1noc(C)c1CN(C)C(=O)c1ccc(Nc2ccccc2)c([N+](=O)[O-])c1. The van der Waals surface area contributed by atoms with Gasteiger partial charge in [0.2, 0.25) is 0 Å². The van der Waals surface area contributed by atoms with Crippen molar-refractivity contribution < 1.29 is 14.2 Å². The Balaban J connectivity index is 1.84. The van der Waals surface area contributed by atoms with Crippen molar-refractivity contribution in [2.75, 3.05) is 12.4 Å². The number of hydrogen-bond donors (Lipinski definition) is 1. The molecule has 1 amide bonds. The van der Waals surface area contributed by atoms with E-state index < -0.39 is 4.92 Å². The van der Waals surface area contributed by atoms with E-state index in [1.54, 1.807) is 45.2 Å². The fourth-order valence-electron chi connectivity index (χ4n) is 2.86. The first-order valence-electron chi connectivity index (χ1n) is 8.64. The van der Waals surface area contributed by atoms with Crippen molar-refractivity contribution in [2.45, 2.75) is 20.4 Å². The highest BCUT2D eigenvalue weighted by Crippen LogP contribution is 2.29. The molecule has 0 radical (unpaired) electrons. The van der Waals surface area contributed by atoms with Gasteiger partial charge in [0.25, 0.3) is 11.6 Å². The van der Waals surface area contributed by atoms with E-state index in [0.29, 0.717) is 23.7 Å². The van der Waals surface area contributed by atoms with Gasteiger partial charge in [-0.1, -0.05) is 23.4 Å². The molecule has 3 rings (SSSR count). The van der Waals surface area contributed by atoms with Crippen LogP contribution in [0.3, 0.4) is 0 Å². The minimum Gasteiger partial charge on any atom is -0.361 e. The zero-order valence-corrected chi connectivity index (χ0v) is 15.8. The summed E-state index contributed by atoms with van der Waals surface area (Å²) in [5.41, 5.74) is 2.65. The van der Waals surface area contributed by atoms with Crippen molar-refractivity contribution in [1.29, 1.82) is 0 Å². The van der Waals surface area contributed by atoms with Crippen LogP contribution in [-0.4, -0.2) is 27.9 Å². The fourth-order valence-corrected chi connectivity index (χ4v) is 2.86. The van der Waals surface area contributed by atoms with Gasteiger partial charge >= 0.3 is 0 Å². The lowest BCUT2D eigenvalue weighted by Gasteiger charge is -2.17. The van der Waals surface area contributed by atoms with Gasteiger partial charge in [-0.2, -0.15) is 0 Å². The number of nitro groups is 1. The van der Waals surface area contributed by atoms with E-state index in [9.17, 15) is 14.9 Å². The summed E-state index contributed by atoms with van der Waals surface area (Å²) in [6.07, 6.45) is 0. The number of aryl methyl sites for hydroxylation is 2. The van der Waals surface area contributed by atoms with E-state index in [-0.39, 0.29) is 17.2 Å². The number of para-hydroxylation sites is 1. The molecule has 0 saturated carbocycles. The molecule has 1 N–H and O–H groups in total. The van der Waals surface area contributed by atoms with Crippen LogP contribution in [0.4, 0.5) is 17.1 Å². The molecule has 0 fully saturated rings. The summed E-state index contributed by atoms with van der Waals surface area (Å²) in [5.74, 6) is 0.319. The quantitative estimate of drug-likeness (QED) is 0.507. The maximum absolute atomic E-state index is 12.8. The first-order valence-corrected chi connectivity index (χ1v) is 8.64. The number of hydrogen-bond acceptors (Lipinski definition) is 6. The summed E-state index contributed by atoms with van der Waals surface area (Å²) >= 11 is 0. The molecule has 8 nitrogen and oxygen atoms in total.